The second-order valence-corrected chi connectivity index (χ2v) is 3.83. The highest BCUT2D eigenvalue weighted by Crippen LogP contribution is 2.02. The van der Waals surface area contributed by atoms with Crippen molar-refractivity contribution in [1.29, 1.82) is 0 Å². The first-order chi connectivity index (χ1) is 5.97. The van der Waals surface area contributed by atoms with Crippen LogP contribution < -0.4 is 11.1 Å². The Hall–Kier alpha value is -0.610. The van der Waals surface area contributed by atoms with Crippen molar-refractivity contribution in [3.63, 3.8) is 0 Å². The molecule has 0 unspecified atom stereocenters. The van der Waals surface area contributed by atoms with Gasteiger partial charge in [0.1, 0.15) is 0 Å². The average Bonchev–Trinajstić information content (AvgIpc) is 2.02. The Morgan fingerprint density at radius 1 is 1.46 bits per heavy atom. The molecule has 0 aliphatic carbocycles. The Morgan fingerprint density at radius 3 is 2.38 bits per heavy atom. The standard InChI is InChI=1S/C9H20N2O2/c1-6(2)4-8(10)9(13)11-7(3)5-12/h6-8,12H,4-5,10H2,1-3H3,(H,11,13)/t7-,8-/m0/s1. The monoisotopic (exact) mass is 188 g/mol. The Bertz CT molecular complexity index is 160. The molecule has 0 aliphatic rings. The van der Waals surface area contributed by atoms with E-state index in [0.29, 0.717) is 12.3 Å². The molecule has 4 nitrogen and oxygen atoms in total. The van der Waals surface area contributed by atoms with E-state index in [-0.39, 0.29) is 18.6 Å². The number of carbonyl (C=O) groups is 1. The lowest BCUT2D eigenvalue weighted by Crippen LogP contribution is -2.46. The van der Waals surface area contributed by atoms with Crippen LogP contribution in [-0.2, 0) is 4.79 Å². The minimum atomic E-state index is -0.464. The Labute approximate surface area is 79.5 Å². The van der Waals surface area contributed by atoms with Gasteiger partial charge >= 0.3 is 0 Å². The van der Waals surface area contributed by atoms with Gasteiger partial charge in [0.05, 0.1) is 12.6 Å². The first kappa shape index (κ1) is 12.4. The van der Waals surface area contributed by atoms with Gasteiger partial charge in [0, 0.05) is 6.04 Å². The summed E-state index contributed by atoms with van der Waals surface area (Å²) in [6, 6.07) is -0.681. The van der Waals surface area contributed by atoms with Gasteiger partial charge in [-0.2, -0.15) is 0 Å². The van der Waals surface area contributed by atoms with Crippen molar-refractivity contribution in [1.82, 2.24) is 5.32 Å². The number of nitrogens with one attached hydrogen (secondary N) is 1. The second kappa shape index (κ2) is 5.94. The molecule has 78 valence electrons. The summed E-state index contributed by atoms with van der Waals surface area (Å²) in [7, 11) is 0. The van der Waals surface area contributed by atoms with Crippen LogP contribution in [-0.4, -0.2) is 29.7 Å². The van der Waals surface area contributed by atoms with E-state index in [1.54, 1.807) is 6.92 Å². The van der Waals surface area contributed by atoms with Gasteiger partial charge in [-0.3, -0.25) is 4.79 Å². The molecule has 0 spiro atoms. The molecule has 1 amide bonds. The van der Waals surface area contributed by atoms with Crippen LogP contribution in [0.1, 0.15) is 27.2 Å². The van der Waals surface area contributed by atoms with Crippen molar-refractivity contribution in [2.45, 2.75) is 39.3 Å². The molecule has 0 saturated heterocycles. The summed E-state index contributed by atoms with van der Waals surface area (Å²) >= 11 is 0. The zero-order chi connectivity index (χ0) is 10.4. The van der Waals surface area contributed by atoms with Gasteiger partial charge in [-0.1, -0.05) is 13.8 Å². The quantitative estimate of drug-likeness (QED) is 0.562. The lowest BCUT2D eigenvalue weighted by atomic mass is 10.0. The number of nitrogens with two attached hydrogens (primary N) is 1. The third-order valence-corrected chi connectivity index (χ3v) is 1.72. The molecule has 2 atom stereocenters. The van der Waals surface area contributed by atoms with Crippen LogP contribution in [0.25, 0.3) is 0 Å². The van der Waals surface area contributed by atoms with Crippen LogP contribution in [0.4, 0.5) is 0 Å². The first-order valence-electron chi connectivity index (χ1n) is 4.64. The summed E-state index contributed by atoms with van der Waals surface area (Å²) in [5.74, 6) is 0.223. The predicted octanol–water partition coefficient (Wildman–Crippen LogP) is -0.143. The molecule has 0 bridgehead atoms. The number of hydrogen-bond acceptors (Lipinski definition) is 3. The minimum absolute atomic E-state index is 0.0554. The maximum Gasteiger partial charge on any atom is 0.237 e. The molecular weight excluding hydrogens is 168 g/mol. The normalized spacial score (nSPS) is 15.5. The molecule has 0 aromatic heterocycles. The molecule has 0 aromatic rings. The zero-order valence-corrected chi connectivity index (χ0v) is 8.58. The number of aliphatic hydroxyl groups excluding tert-OH is 1. The average molecular weight is 188 g/mol. The molecule has 0 rings (SSSR count). The molecule has 4 N–H and O–H groups in total. The van der Waals surface area contributed by atoms with Crippen molar-refractivity contribution >= 4 is 5.91 Å². The molecular formula is C9H20N2O2. The smallest absolute Gasteiger partial charge is 0.237 e. The van der Waals surface area contributed by atoms with Gasteiger partial charge < -0.3 is 16.2 Å². The number of rotatable bonds is 5. The van der Waals surface area contributed by atoms with Crippen molar-refractivity contribution in [3.05, 3.63) is 0 Å². The number of hydrogen-bond donors (Lipinski definition) is 3. The highest BCUT2D eigenvalue weighted by Gasteiger charge is 2.16. The Balaban J connectivity index is 3.82. The van der Waals surface area contributed by atoms with Gasteiger partial charge in [-0.05, 0) is 19.3 Å². The summed E-state index contributed by atoms with van der Waals surface area (Å²) in [5.41, 5.74) is 5.63. The van der Waals surface area contributed by atoms with E-state index in [1.165, 1.54) is 0 Å². The second-order valence-electron chi connectivity index (χ2n) is 3.83. The van der Waals surface area contributed by atoms with Gasteiger partial charge in [-0.25, -0.2) is 0 Å². The van der Waals surface area contributed by atoms with Gasteiger partial charge in [0.25, 0.3) is 0 Å². The van der Waals surface area contributed by atoms with E-state index in [1.807, 2.05) is 13.8 Å². The fourth-order valence-corrected chi connectivity index (χ4v) is 1.01. The zero-order valence-electron chi connectivity index (χ0n) is 8.58. The molecule has 0 aromatic carbocycles. The first-order valence-corrected chi connectivity index (χ1v) is 4.64. The number of amides is 1. The van der Waals surface area contributed by atoms with Crippen LogP contribution >= 0.6 is 0 Å². The summed E-state index contributed by atoms with van der Waals surface area (Å²) < 4.78 is 0. The predicted molar refractivity (Wildman–Crippen MR) is 52.1 cm³/mol. The van der Waals surface area contributed by atoms with Gasteiger partial charge in [0.2, 0.25) is 5.91 Å². The third kappa shape index (κ3) is 5.60. The molecule has 0 aliphatic heterocycles. The van der Waals surface area contributed by atoms with Crippen LogP contribution in [0, 0.1) is 5.92 Å². The van der Waals surface area contributed by atoms with E-state index in [2.05, 4.69) is 5.32 Å². The van der Waals surface area contributed by atoms with Crippen molar-refractivity contribution in [2.24, 2.45) is 11.7 Å². The fourth-order valence-electron chi connectivity index (χ4n) is 1.01. The molecule has 0 fully saturated rings. The van der Waals surface area contributed by atoms with E-state index >= 15 is 0 Å². The van der Waals surface area contributed by atoms with E-state index < -0.39 is 6.04 Å². The number of carbonyl (C=O) groups excluding carboxylic acids is 1. The molecule has 13 heavy (non-hydrogen) atoms. The van der Waals surface area contributed by atoms with E-state index in [0.717, 1.165) is 0 Å². The lowest BCUT2D eigenvalue weighted by molar-refractivity contribution is -0.123. The summed E-state index contributed by atoms with van der Waals surface area (Å²) in [4.78, 5) is 11.3. The molecule has 0 radical (unpaired) electrons. The SMILES string of the molecule is CC(C)C[C@H](N)C(=O)N[C@@H](C)CO. The van der Waals surface area contributed by atoms with Gasteiger partial charge in [0.15, 0.2) is 0 Å². The highest BCUT2D eigenvalue weighted by atomic mass is 16.3. The highest BCUT2D eigenvalue weighted by molar-refractivity contribution is 5.81. The van der Waals surface area contributed by atoms with Crippen molar-refractivity contribution < 1.29 is 9.90 Å². The van der Waals surface area contributed by atoms with Crippen LogP contribution in [0.15, 0.2) is 0 Å². The van der Waals surface area contributed by atoms with E-state index in [9.17, 15) is 4.79 Å². The largest absolute Gasteiger partial charge is 0.394 e. The van der Waals surface area contributed by atoms with Crippen LogP contribution in [0.3, 0.4) is 0 Å². The third-order valence-electron chi connectivity index (χ3n) is 1.72. The Kier molecular flexibility index (Phi) is 5.66. The summed E-state index contributed by atoms with van der Waals surface area (Å²) in [5, 5.41) is 11.3. The topological polar surface area (TPSA) is 75.4 Å². The summed E-state index contributed by atoms with van der Waals surface area (Å²) in [6.45, 7) is 5.71. The molecule has 0 heterocycles. The van der Waals surface area contributed by atoms with Crippen molar-refractivity contribution in [2.75, 3.05) is 6.61 Å². The van der Waals surface area contributed by atoms with Crippen molar-refractivity contribution in [3.8, 4) is 0 Å². The van der Waals surface area contributed by atoms with Gasteiger partial charge in [-0.15, -0.1) is 0 Å². The maximum absolute atomic E-state index is 11.3. The Morgan fingerprint density at radius 2 is 2.00 bits per heavy atom. The minimum Gasteiger partial charge on any atom is -0.394 e. The molecule has 0 saturated carbocycles. The van der Waals surface area contributed by atoms with Crippen LogP contribution in [0.2, 0.25) is 0 Å². The fraction of sp³-hybridized carbons (Fsp3) is 0.889. The number of aliphatic hydroxyl groups is 1. The maximum atomic E-state index is 11.3. The molecule has 4 heteroatoms. The van der Waals surface area contributed by atoms with Crippen LogP contribution in [0.5, 0.6) is 0 Å². The van der Waals surface area contributed by atoms with E-state index in [4.69, 9.17) is 10.8 Å². The lowest BCUT2D eigenvalue weighted by Gasteiger charge is -2.16. The summed E-state index contributed by atoms with van der Waals surface area (Å²) in [6.07, 6.45) is 0.671.